The zero-order valence-electron chi connectivity index (χ0n) is 10.9. The molecule has 1 heterocycles. The Morgan fingerprint density at radius 1 is 1.44 bits per heavy atom. The van der Waals surface area contributed by atoms with Crippen molar-refractivity contribution in [2.24, 2.45) is 11.1 Å². The molecule has 0 aliphatic carbocycles. The Morgan fingerprint density at radius 2 is 2.17 bits per heavy atom. The van der Waals surface area contributed by atoms with Crippen LogP contribution in [0.5, 0.6) is 0 Å². The van der Waals surface area contributed by atoms with Crippen molar-refractivity contribution in [1.82, 2.24) is 4.98 Å². The first-order valence-corrected chi connectivity index (χ1v) is 7.78. The monoisotopic (exact) mass is 329 g/mol. The predicted octanol–water partition coefficient (Wildman–Crippen LogP) is 4.07. The SMILES string of the molecule is CC(C)(CCCCSc1ccc(Br)cn1)C(=N)N. The highest BCUT2D eigenvalue weighted by Gasteiger charge is 2.20. The Balaban J connectivity index is 2.20. The van der Waals surface area contributed by atoms with Gasteiger partial charge in [0.2, 0.25) is 0 Å². The molecule has 0 saturated heterocycles. The van der Waals surface area contributed by atoms with Crippen LogP contribution in [-0.2, 0) is 0 Å². The van der Waals surface area contributed by atoms with Gasteiger partial charge in [0, 0.05) is 16.1 Å². The molecule has 3 nitrogen and oxygen atoms in total. The first-order valence-electron chi connectivity index (χ1n) is 6.01. The van der Waals surface area contributed by atoms with Crippen molar-refractivity contribution in [2.45, 2.75) is 38.1 Å². The van der Waals surface area contributed by atoms with Crippen LogP contribution in [0.15, 0.2) is 27.8 Å². The van der Waals surface area contributed by atoms with E-state index in [1.807, 2.05) is 32.2 Å². The molecule has 100 valence electrons. The number of aromatic nitrogens is 1. The highest BCUT2D eigenvalue weighted by molar-refractivity contribution is 9.10. The van der Waals surface area contributed by atoms with E-state index in [-0.39, 0.29) is 11.3 Å². The maximum absolute atomic E-state index is 7.49. The summed E-state index contributed by atoms with van der Waals surface area (Å²) in [5.41, 5.74) is 5.39. The fraction of sp³-hybridized carbons (Fsp3) is 0.538. The van der Waals surface area contributed by atoms with Crippen molar-refractivity contribution in [1.29, 1.82) is 5.41 Å². The lowest BCUT2D eigenvalue weighted by Crippen LogP contribution is -2.30. The van der Waals surface area contributed by atoms with E-state index in [4.69, 9.17) is 11.1 Å². The van der Waals surface area contributed by atoms with E-state index < -0.39 is 0 Å². The number of nitrogens with zero attached hydrogens (tertiary/aromatic N) is 1. The van der Waals surface area contributed by atoms with Crippen molar-refractivity contribution < 1.29 is 0 Å². The van der Waals surface area contributed by atoms with Gasteiger partial charge in [-0.1, -0.05) is 20.3 Å². The summed E-state index contributed by atoms with van der Waals surface area (Å²) in [6.07, 6.45) is 5.01. The number of halogens is 1. The first-order chi connectivity index (χ1) is 8.42. The summed E-state index contributed by atoms with van der Waals surface area (Å²) in [7, 11) is 0. The molecule has 0 radical (unpaired) electrons. The summed E-state index contributed by atoms with van der Waals surface area (Å²) in [6.45, 7) is 4.05. The third kappa shape index (κ3) is 5.40. The van der Waals surface area contributed by atoms with Crippen LogP contribution in [0.4, 0.5) is 0 Å². The number of pyridine rings is 1. The first kappa shape index (κ1) is 15.5. The second-order valence-electron chi connectivity index (χ2n) is 4.92. The molecular weight excluding hydrogens is 310 g/mol. The molecule has 0 atom stereocenters. The van der Waals surface area contributed by atoms with E-state index in [0.29, 0.717) is 0 Å². The number of hydrogen-bond donors (Lipinski definition) is 2. The molecule has 0 fully saturated rings. The molecule has 1 aromatic heterocycles. The third-order valence-corrected chi connectivity index (χ3v) is 4.37. The summed E-state index contributed by atoms with van der Waals surface area (Å²) in [4.78, 5) is 4.31. The molecule has 0 spiro atoms. The Kier molecular flexibility index (Phi) is 6.15. The second-order valence-corrected chi connectivity index (χ2v) is 6.95. The molecule has 3 N–H and O–H groups in total. The van der Waals surface area contributed by atoms with Crippen molar-refractivity contribution in [3.05, 3.63) is 22.8 Å². The maximum Gasteiger partial charge on any atom is 0.0963 e. The highest BCUT2D eigenvalue weighted by atomic mass is 79.9. The molecule has 0 unspecified atom stereocenters. The molecule has 1 aromatic rings. The maximum atomic E-state index is 7.49. The number of rotatable bonds is 7. The lowest BCUT2D eigenvalue weighted by molar-refractivity contribution is 0.448. The van der Waals surface area contributed by atoms with Crippen molar-refractivity contribution in [3.8, 4) is 0 Å². The molecule has 0 aliphatic rings. The quantitative estimate of drug-likeness (QED) is 0.343. The smallest absolute Gasteiger partial charge is 0.0963 e. The Hall–Kier alpha value is -0.550. The van der Waals surface area contributed by atoms with Gasteiger partial charge in [0.15, 0.2) is 0 Å². The average Bonchev–Trinajstić information content (AvgIpc) is 2.31. The zero-order chi connectivity index (χ0) is 13.6. The van der Waals surface area contributed by atoms with E-state index >= 15 is 0 Å². The van der Waals surface area contributed by atoms with Gasteiger partial charge in [-0.3, -0.25) is 5.41 Å². The van der Waals surface area contributed by atoms with Crippen LogP contribution in [0.1, 0.15) is 33.1 Å². The van der Waals surface area contributed by atoms with E-state index in [9.17, 15) is 0 Å². The topological polar surface area (TPSA) is 62.8 Å². The third-order valence-electron chi connectivity index (χ3n) is 2.88. The average molecular weight is 330 g/mol. The number of thioether (sulfide) groups is 1. The molecule has 0 saturated carbocycles. The van der Waals surface area contributed by atoms with Crippen molar-refractivity contribution in [2.75, 3.05) is 5.75 Å². The Morgan fingerprint density at radius 3 is 2.72 bits per heavy atom. The van der Waals surface area contributed by atoms with Gasteiger partial charge in [-0.15, -0.1) is 11.8 Å². The van der Waals surface area contributed by atoms with Gasteiger partial charge in [0.25, 0.3) is 0 Å². The number of nitrogens with one attached hydrogen (secondary N) is 1. The summed E-state index contributed by atoms with van der Waals surface area (Å²) in [5.74, 6) is 1.34. The van der Waals surface area contributed by atoms with Gasteiger partial charge >= 0.3 is 0 Å². The Labute approximate surface area is 122 Å². The predicted molar refractivity (Wildman–Crippen MR) is 82.2 cm³/mol. The standard InChI is InChI=1S/C13H20BrN3S/c1-13(2,12(15)16)7-3-4-8-18-11-6-5-10(14)9-17-11/h5-6,9H,3-4,7-8H2,1-2H3,(H3,15,16). The summed E-state index contributed by atoms with van der Waals surface area (Å²) in [5, 5.41) is 8.55. The minimum absolute atomic E-state index is 0.166. The van der Waals surface area contributed by atoms with Crippen LogP contribution in [-0.4, -0.2) is 16.6 Å². The summed E-state index contributed by atoms with van der Waals surface area (Å²) in [6, 6.07) is 4.03. The largest absolute Gasteiger partial charge is 0.387 e. The van der Waals surface area contributed by atoms with Gasteiger partial charge in [-0.2, -0.15) is 0 Å². The number of amidine groups is 1. The molecule has 0 aromatic carbocycles. The van der Waals surface area contributed by atoms with Gasteiger partial charge in [0.1, 0.15) is 0 Å². The Bertz CT molecular complexity index is 390. The van der Waals surface area contributed by atoms with Gasteiger partial charge < -0.3 is 5.73 Å². The highest BCUT2D eigenvalue weighted by Crippen LogP contribution is 2.24. The van der Waals surface area contributed by atoms with Gasteiger partial charge in [0.05, 0.1) is 10.9 Å². The van der Waals surface area contributed by atoms with Crippen LogP contribution < -0.4 is 5.73 Å². The molecule has 18 heavy (non-hydrogen) atoms. The van der Waals surface area contributed by atoms with Crippen LogP contribution >= 0.6 is 27.7 Å². The minimum Gasteiger partial charge on any atom is -0.387 e. The van der Waals surface area contributed by atoms with E-state index in [1.54, 1.807) is 11.8 Å². The lowest BCUT2D eigenvalue weighted by Gasteiger charge is -2.22. The number of hydrogen-bond acceptors (Lipinski definition) is 3. The van der Waals surface area contributed by atoms with Crippen LogP contribution in [0.2, 0.25) is 0 Å². The fourth-order valence-electron chi connectivity index (χ4n) is 1.43. The zero-order valence-corrected chi connectivity index (χ0v) is 13.3. The van der Waals surface area contributed by atoms with E-state index in [2.05, 4.69) is 20.9 Å². The molecule has 5 heteroatoms. The fourth-order valence-corrected chi connectivity index (χ4v) is 2.51. The summed E-state index contributed by atoms with van der Waals surface area (Å²) >= 11 is 5.14. The molecular formula is C13H20BrN3S. The lowest BCUT2D eigenvalue weighted by atomic mass is 9.86. The van der Waals surface area contributed by atoms with Crippen LogP contribution in [0, 0.1) is 10.8 Å². The summed E-state index contributed by atoms with van der Waals surface area (Å²) < 4.78 is 1.01. The van der Waals surface area contributed by atoms with Crippen molar-refractivity contribution in [3.63, 3.8) is 0 Å². The molecule has 0 amide bonds. The number of unbranched alkanes of at least 4 members (excludes halogenated alkanes) is 1. The van der Waals surface area contributed by atoms with Crippen LogP contribution in [0.25, 0.3) is 0 Å². The van der Waals surface area contributed by atoms with Gasteiger partial charge in [-0.05, 0) is 46.7 Å². The second kappa shape index (κ2) is 7.14. The molecule has 1 rings (SSSR count). The van der Waals surface area contributed by atoms with Crippen molar-refractivity contribution >= 4 is 33.5 Å². The van der Waals surface area contributed by atoms with E-state index in [0.717, 1.165) is 34.5 Å². The van der Waals surface area contributed by atoms with E-state index in [1.165, 1.54) is 0 Å². The van der Waals surface area contributed by atoms with Gasteiger partial charge in [-0.25, -0.2) is 4.98 Å². The molecule has 0 bridgehead atoms. The normalized spacial score (nSPS) is 11.5. The molecule has 0 aliphatic heterocycles. The minimum atomic E-state index is -0.166. The number of nitrogens with two attached hydrogens (primary N) is 1. The van der Waals surface area contributed by atoms with Crippen LogP contribution in [0.3, 0.4) is 0 Å².